The van der Waals surface area contributed by atoms with E-state index in [4.69, 9.17) is 5.73 Å². The number of carbonyl (C=O) groups excluding carboxylic acids is 1. The summed E-state index contributed by atoms with van der Waals surface area (Å²) < 4.78 is 11.3. The van der Waals surface area contributed by atoms with Gasteiger partial charge in [0.1, 0.15) is 5.75 Å². The van der Waals surface area contributed by atoms with Gasteiger partial charge in [0.2, 0.25) is 5.91 Å². The van der Waals surface area contributed by atoms with E-state index in [0.29, 0.717) is 17.9 Å². The van der Waals surface area contributed by atoms with Gasteiger partial charge in [-0.3, -0.25) is 9.00 Å². The average Bonchev–Trinajstić information content (AvgIpc) is 2.44. The fourth-order valence-electron chi connectivity index (χ4n) is 2.23. The van der Waals surface area contributed by atoms with Crippen LogP contribution in [0.5, 0.6) is 5.75 Å². The molecule has 0 saturated carbocycles. The van der Waals surface area contributed by atoms with Gasteiger partial charge in [0.25, 0.3) is 0 Å². The van der Waals surface area contributed by atoms with E-state index in [1.165, 1.54) is 0 Å². The van der Waals surface area contributed by atoms with Crippen LogP contribution in [0.25, 0.3) is 0 Å². The second-order valence-electron chi connectivity index (χ2n) is 5.11. The molecule has 0 spiro atoms. The number of phenols is 1. The fraction of sp³-hybridized carbons (Fsp3) is 0.500. The van der Waals surface area contributed by atoms with Gasteiger partial charge in [0.15, 0.2) is 0 Å². The van der Waals surface area contributed by atoms with E-state index >= 15 is 0 Å². The Bertz CT molecular complexity index is 480. The molecule has 1 aromatic rings. The largest absolute Gasteiger partial charge is 0.508 e. The molecule has 4 N–H and O–H groups in total. The number of benzene rings is 1. The van der Waals surface area contributed by atoms with Crippen LogP contribution in [-0.4, -0.2) is 38.8 Å². The van der Waals surface area contributed by atoms with E-state index in [1.54, 1.807) is 24.3 Å². The van der Waals surface area contributed by atoms with Gasteiger partial charge in [-0.1, -0.05) is 12.1 Å². The molecule has 1 heterocycles. The van der Waals surface area contributed by atoms with Crippen LogP contribution in [-0.2, 0) is 22.0 Å². The van der Waals surface area contributed by atoms with Crippen molar-refractivity contribution in [3.05, 3.63) is 29.8 Å². The van der Waals surface area contributed by atoms with Crippen LogP contribution in [0.15, 0.2) is 24.3 Å². The zero-order valence-corrected chi connectivity index (χ0v) is 12.1. The second-order valence-corrected chi connectivity index (χ2v) is 6.80. The van der Waals surface area contributed by atoms with Crippen molar-refractivity contribution in [2.24, 2.45) is 5.73 Å². The number of aromatic hydroxyl groups is 1. The summed E-state index contributed by atoms with van der Waals surface area (Å²) in [4.78, 5) is 12.0. The van der Waals surface area contributed by atoms with E-state index in [2.05, 4.69) is 5.32 Å². The minimum atomic E-state index is -0.726. The highest BCUT2D eigenvalue weighted by Crippen LogP contribution is 2.12. The molecule has 1 aliphatic rings. The number of hydrogen-bond acceptors (Lipinski definition) is 4. The molecule has 0 aliphatic carbocycles. The summed E-state index contributed by atoms with van der Waals surface area (Å²) in [6, 6.07) is 6.16. The van der Waals surface area contributed by atoms with Crippen LogP contribution < -0.4 is 11.1 Å². The Hall–Kier alpha value is -1.40. The summed E-state index contributed by atoms with van der Waals surface area (Å²) in [7, 11) is -0.726. The van der Waals surface area contributed by atoms with E-state index < -0.39 is 16.8 Å². The first kappa shape index (κ1) is 15.0. The van der Waals surface area contributed by atoms with Crippen molar-refractivity contribution in [1.29, 1.82) is 0 Å². The first-order chi connectivity index (χ1) is 9.54. The van der Waals surface area contributed by atoms with E-state index in [-0.39, 0.29) is 17.7 Å². The van der Waals surface area contributed by atoms with Crippen molar-refractivity contribution in [1.82, 2.24) is 5.32 Å². The summed E-state index contributed by atoms with van der Waals surface area (Å²) in [6.07, 6.45) is 1.94. The molecule has 1 atom stereocenters. The highest BCUT2D eigenvalue weighted by molar-refractivity contribution is 7.85. The summed E-state index contributed by atoms with van der Waals surface area (Å²) in [5.41, 5.74) is 6.81. The number of amides is 1. The predicted molar refractivity (Wildman–Crippen MR) is 78.8 cm³/mol. The standard InChI is InChI=1S/C14H20N2O3S/c15-13(9-10-1-3-12(17)4-2-10)14(18)16-11-5-7-20(19)8-6-11/h1-4,11,13,17H,5-9,15H2,(H,16,18)/t11?,13-,20?/m0/s1. The third kappa shape index (κ3) is 4.31. The molecule has 6 heteroatoms. The van der Waals surface area contributed by atoms with Gasteiger partial charge in [-0.05, 0) is 37.0 Å². The topological polar surface area (TPSA) is 92.4 Å². The number of rotatable bonds is 4. The van der Waals surface area contributed by atoms with E-state index in [9.17, 15) is 14.1 Å². The molecule has 110 valence electrons. The monoisotopic (exact) mass is 296 g/mol. The second kappa shape index (κ2) is 6.85. The molecule has 20 heavy (non-hydrogen) atoms. The minimum Gasteiger partial charge on any atom is -0.508 e. The van der Waals surface area contributed by atoms with Crippen molar-refractivity contribution in [3.8, 4) is 5.75 Å². The Balaban J connectivity index is 1.82. The molecular formula is C14H20N2O3S. The molecular weight excluding hydrogens is 276 g/mol. The number of phenolic OH excluding ortho intramolecular Hbond substituents is 1. The van der Waals surface area contributed by atoms with Gasteiger partial charge in [-0.2, -0.15) is 0 Å². The van der Waals surface area contributed by atoms with Crippen molar-refractivity contribution in [2.75, 3.05) is 11.5 Å². The van der Waals surface area contributed by atoms with Gasteiger partial charge in [0, 0.05) is 28.3 Å². The summed E-state index contributed by atoms with van der Waals surface area (Å²) in [6.45, 7) is 0. The van der Waals surface area contributed by atoms with Crippen LogP contribution in [0.2, 0.25) is 0 Å². The van der Waals surface area contributed by atoms with Gasteiger partial charge in [0.05, 0.1) is 6.04 Å². The summed E-state index contributed by atoms with van der Waals surface area (Å²) in [5, 5.41) is 12.1. The first-order valence-corrected chi connectivity index (χ1v) is 8.22. The zero-order valence-electron chi connectivity index (χ0n) is 11.2. The van der Waals surface area contributed by atoms with Crippen molar-refractivity contribution >= 4 is 16.7 Å². The maximum Gasteiger partial charge on any atom is 0.237 e. The SMILES string of the molecule is N[C@@H](Cc1ccc(O)cc1)C(=O)NC1CCS(=O)CC1. The number of nitrogens with one attached hydrogen (secondary N) is 1. The van der Waals surface area contributed by atoms with Crippen LogP contribution in [0.4, 0.5) is 0 Å². The highest BCUT2D eigenvalue weighted by atomic mass is 32.2. The number of carbonyl (C=O) groups is 1. The minimum absolute atomic E-state index is 0.0890. The van der Waals surface area contributed by atoms with Crippen molar-refractivity contribution in [2.45, 2.75) is 31.3 Å². The van der Waals surface area contributed by atoms with Gasteiger partial charge < -0.3 is 16.2 Å². The molecule has 2 rings (SSSR count). The lowest BCUT2D eigenvalue weighted by Gasteiger charge is -2.24. The Morgan fingerprint density at radius 1 is 1.35 bits per heavy atom. The van der Waals surface area contributed by atoms with Crippen LogP contribution in [0.3, 0.4) is 0 Å². The fourth-order valence-corrected chi connectivity index (χ4v) is 3.52. The molecule has 0 aromatic heterocycles. The maximum atomic E-state index is 12.0. The van der Waals surface area contributed by atoms with Crippen LogP contribution in [0.1, 0.15) is 18.4 Å². The Morgan fingerprint density at radius 2 is 1.95 bits per heavy atom. The average molecular weight is 296 g/mol. The number of hydrogen-bond donors (Lipinski definition) is 3. The summed E-state index contributed by atoms with van der Waals surface area (Å²) in [5.74, 6) is 1.33. The highest BCUT2D eigenvalue weighted by Gasteiger charge is 2.22. The smallest absolute Gasteiger partial charge is 0.237 e. The third-order valence-electron chi connectivity index (χ3n) is 3.46. The lowest BCUT2D eigenvalue weighted by Crippen LogP contribution is -2.48. The normalized spacial score (nSPS) is 24.1. The molecule has 5 nitrogen and oxygen atoms in total. The van der Waals surface area contributed by atoms with Crippen molar-refractivity contribution in [3.63, 3.8) is 0 Å². The molecule has 1 aromatic carbocycles. The Kier molecular flexibility index (Phi) is 5.14. The lowest BCUT2D eigenvalue weighted by molar-refractivity contribution is -0.123. The van der Waals surface area contributed by atoms with Gasteiger partial charge >= 0.3 is 0 Å². The molecule has 0 bridgehead atoms. The molecule has 0 unspecified atom stereocenters. The molecule has 0 radical (unpaired) electrons. The first-order valence-electron chi connectivity index (χ1n) is 6.73. The van der Waals surface area contributed by atoms with E-state index in [0.717, 1.165) is 18.4 Å². The molecule has 1 aliphatic heterocycles. The summed E-state index contributed by atoms with van der Waals surface area (Å²) >= 11 is 0. The van der Waals surface area contributed by atoms with E-state index in [1.807, 2.05) is 0 Å². The predicted octanol–water partition coefficient (Wildman–Crippen LogP) is 0.289. The Morgan fingerprint density at radius 3 is 2.55 bits per heavy atom. The molecule has 1 amide bonds. The quantitative estimate of drug-likeness (QED) is 0.744. The number of nitrogens with two attached hydrogens (primary N) is 1. The zero-order chi connectivity index (χ0) is 14.5. The third-order valence-corrected chi connectivity index (χ3v) is 4.85. The maximum absolute atomic E-state index is 12.0. The molecule has 1 saturated heterocycles. The lowest BCUT2D eigenvalue weighted by atomic mass is 10.0. The van der Waals surface area contributed by atoms with Gasteiger partial charge in [-0.25, -0.2) is 0 Å². The van der Waals surface area contributed by atoms with Crippen LogP contribution >= 0.6 is 0 Å². The molecule has 1 fully saturated rings. The van der Waals surface area contributed by atoms with Crippen LogP contribution in [0, 0.1) is 0 Å². The Labute approximate surface area is 121 Å². The van der Waals surface area contributed by atoms with Crippen molar-refractivity contribution < 1.29 is 14.1 Å². The van der Waals surface area contributed by atoms with Gasteiger partial charge in [-0.15, -0.1) is 0 Å².